The lowest BCUT2D eigenvalue weighted by atomic mass is 9.95. The Kier molecular flexibility index (Phi) is 6.80. The smallest absolute Gasteiger partial charge is 0.341 e. The molecule has 1 aliphatic carbocycles. The highest BCUT2D eigenvalue weighted by Gasteiger charge is 2.29. The number of aryl methyl sites for hydroxylation is 1. The van der Waals surface area contributed by atoms with Crippen LogP contribution in [-0.4, -0.2) is 33.8 Å². The molecule has 0 bridgehead atoms. The Hall–Kier alpha value is -2.85. The summed E-state index contributed by atoms with van der Waals surface area (Å²) in [6, 6.07) is 9.31. The minimum atomic E-state index is -0.659. The highest BCUT2D eigenvalue weighted by atomic mass is 32.2. The summed E-state index contributed by atoms with van der Waals surface area (Å²) in [7, 11) is 1.36. The number of hydrogen-bond acceptors (Lipinski definition) is 8. The zero-order chi connectivity index (χ0) is 22.7. The van der Waals surface area contributed by atoms with E-state index in [-0.39, 0.29) is 11.9 Å². The van der Waals surface area contributed by atoms with E-state index in [2.05, 4.69) is 15.5 Å². The van der Waals surface area contributed by atoms with Gasteiger partial charge in [-0.25, -0.2) is 4.79 Å². The second-order valence-corrected chi connectivity index (χ2v) is 9.60. The number of hydrogen-bond donors (Lipinski definition) is 2. The monoisotopic (exact) mass is 471 g/mol. The standard InChI is InChI=1S/C22H25N5O3S2/c1-13(27-21(23)25-26-22(27)31-12-14-8-4-3-5-9-14)18(28)24-19-17(20(29)30-2)15-10-6-7-11-16(15)32-19/h3-5,8-9,13H,6-7,10-12H2,1-2H3,(H2,23,25)(H,24,28). The van der Waals surface area contributed by atoms with Crippen LogP contribution in [-0.2, 0) is 28.1 Å². The number of benzene rings is 1. The largest absolute Gasteiger partial charge is 0.465 e. The molecule has 10 heteroatoms. The average molecular weight is 472 g/mol. The Morgan fingerprint density at radius 1 is 1.25 bits per heavy atom. The van der Waals surface area contributed by atoms with Gasteiger partial charge in [0.1, 0.15) is 11.0 Å². The number of thioether (sulfide) groups is 1. The number of methoxy groups -OCH3 is 1. The molecule has 0 spiro atoms. The Labute approximate surface area is 194 Å². The van der Waals surface area contributed by atoms with Gasteiger partial charge in [-0.3, -0.25) is 9.36 Å². The quantitative estimate of drug-likeness (QED) is 0.394. The van der Waals surface area contributed by atoms with E-state index in [0.29, 0.717) is 21.5 Å². The molecular formula is C22H25N5O3S2. The van der Waals surface area contributed by atoms with Gasteiger partial charge in [-0.05, 0) is 43.7 Å². The first-order valence-electron chi connectivity index (χ1n) is 10.4. The first-order chi connectivity index (χ1) is 15.5. The van der Waals surface area contributed by atoms with Crippen LogP contribution in [0.1, 0.15) is 52.2 Å². The number of nitrogens with one attached hydrogen (secondary N) is 1. The van der Waals surface area contributed by atoms with Gasteiger partial charge in [0.15, 0.2) is 5.16 Å². The van der Waals surface area contributed by atoms with Gasteiger partial charge in [0.2, 0.25) is 11.9 Å². The van der Waals surface area contributed by atoms with E-state index in [1.54, 1.807) is 11.5 Å². The number of carbonyl (C=O) groups excluding carboxylic acids is 2. The number of nitrogen functional groups attached to an aromatic ring is 1. The second-order valence-electron chi connectivity index (χ2n) is 7.56. The van der Waals surface area contributed by atoms with Crippen molar-refractivity contribution in [1.82, 2.24) is 14.8 Å². The molecule has 32 heavy (non-hydrogen) atoms. The number of aromatic nitrogens is 3. The Bertz CT molecular complexity index is 1130. The van der Waals surface area contributed by atoms with Crippen molar-refractivity contribution >= 4 is 45.9 Å². The van der Waals surface area contributed by atoms with Crippen molar-refractivity contribution in [2.24, 2.45) is 0 Å². The minimum Gasteiger partial charge on any atom is -0.465 e. The molecule has 168 valence electrons. The number of anilines is 2. The van der Waals surface area contributed by atoms with E-state index in [1.807, 2.05) is 30.3 Å². The third-order valence-corrected chi connectivity index (χ3v) is 7.69. The van der Waals surface area contributed by atoms with Gasteiger partial charge in [0.05, 0.1) is 12.7 Å². The first-order valence-corrected chi connectivity index (χ1v) is 12.2. The SMILES string of the molecule is COC(=O)c1c(NC(=O)C(C)n2c(N)nnc2SCc2ccccc2)sc2c1CCCC2. The molecule has 2 heterocycles. The molecule has 0 fully saturated rings. The van der Waals surface area contributed by atoms with E-state index < -0.39 is 12.0 Å². The van der Waals surface area contributed by atoms with Crippen LogP contribution in [0.4, 0.5) is 10.9 Å². The Morgan fingerprint density at radius 3 is 2.75 bits per heavy atom. The molecule has 1 aromatic carbocycles. The molecule has 1 atom stereocenters. The maximum Gasteiger partial charge on any atom is 0.341 e. The fourth-order valence-electron chi connectivity index (χ4n) is 3.78. The molecule has 1 aliphatic rings. The molecule has 4 rings (SSSR count). The lowest BCUT2D eigenvalue weighted by molar-refractivity contribution is -0.118. The molecule has 0 saturated carbocycles. The van der Waals surface area contributed by atoms with E-state index in [9.17, 15) is 9.59 Å². The van der Waals surface area contributed by atoms with Gasteiger partial charge in [0.25, 0.3) is 0 Å². The number of amides is 1. The van der Waals surface area contributed by atoms with Gasteiger partial charge >= 0.3 is 5.97 Å². The highest BCUT2D eigenvalue weighted by molar-refractivity contribution is 7.98. The molecule has 0 radical (unpaired) electrons. The van der Waals surface area contributed by atoms with Crippen molar-refractivity contribution in [3.63, 3.8) is 0 Å². The Balaban J connectivity index is 1.55. The van der Waals surface area contributed by atoms with E-state index >= 15 is 0 Å². The lowest BCUT2D eigenvalue weighted by Crippen LogP contribution is -2.25. The third-order valence-electron chi connectivity index (χ3n) is 5.47. The number of ether oxygens (including phenoxy) is 1. The fourth-order valence-corrected chi connectivity index (χ4v) is 6.04. The summed E-state index contributed by atoms with van der Waals surface area (Å²) in [5, 5.41) is 12.2. The predicted octanol–water partition coefficient (Wildman–Crippen LogP) is 4.08. The average Bonchev–Trinajstić information content (AvgIpc) is 3.36. The molecule has 8 nitrogen and oxygen atoms in total. The summed E-state index contributed by atoms with van der Waals surface area (Å²) < 4.78 is 6.62. The molecular weight excluding hydrogens is 446 g/mol. The van der Waals surface area contributed by atoms with Gasteiger partial charge in [-0.1, -0.05) is 42.1 Å². The van der Waals surface area contributed by atoms with Crippen LogP contribution in [0.2, 0.25) is 0 Å². The van der Waals surface area contributed by atoms with Crippen LogP contribution < -0.4 is 11.1 Å². The second kappa shape index (κ2) is 9.74. The summed E-state index contributed by atoms with van der Waals surface area (Å²) in [6.07, 6.45) is 3.84. The molecule has 1 amide bonds. The lowest BCUT2D eigenvalue weighted by Gasteiger charge is -2.16. The van der Waals surface area contributed by atoms with E-state index in [0.717, 1.165) is 41.7 Å². The van der Waals surface area contributed by atoms with Crippen LogP contribution in [0, 0.1) is 0 Å². The molecule has 3 aromatic rings. The van der Waals surface area contributed by atoms with Crippen molar-refractivity contribution in [3.05, 3.63) is 51.9 Å². The van der Waals surface area contributed by atoms with Gasteiger partial charge in [0, 0.05) is 10.6 Å². The van der Waals surface area contributed by atoms with Gasteiger partial charge < -0.3 is 15.8 Å². The number of fused-ring (bicyclic) bond motifs is 1. The summed E-state index contributed by atoms with van der Waals surface area (Å²) in [6.45, 7) is 1.74. The van der Waals surface area contributed by atoms with Crippen molar-refractivity contribution in [2.75, 3.05) is 18.2 Å². The topological polar surface area (TPSA) is 112 Å². The summed E-state index contributed by atoms with van der Waals surface area (Å²) in [4.78, 5) is 26.8. The zero-order valence-corrected chi connectivity index (χ0v) is 19.6. The number of nitrogens with zero attached hydrogens (tertiary/aromatic N) is 3. The fraction of sp³-hybridized carbons (Fsp3) is 0.364. The number of rotatable bonds is 7. The van der Waals surface area contributed by atoms with Crippen LogP contribution in [0.25, 0.3) is 0 Å². The van der Waals surface area contributed by atoms with Crippen LogP contribution in [0.15, 0.2) is 35.5 Å². The van der Waals surface area contributed by atoms with Crippen LogP contribution in [0.5, 0.6) is 0 Å². The molecule has 3 N–H and O–H groups in total. The van der Waals surface area contributed by atoms with Gasteiger partial charge in [-0.2, -0.15) is 0 Å². The van der Waals surface area contributed by atoms with Crippen molar-refractivity contribution in [2.45, 2.75) is 49.6 Å². The third kappa shape index (κ3) is 4.51. The number of nitrogens with two attached hydrogens (primary N) is 1. The summed E-state index contributed by atoms with van der Waals surface area (Å²) in [5.74, 6) is 0.135. The minimum absolute atomic E-state index is 0.168. The number of esters is 1. The normalized spacial score (nSPS) is 13.9. The van der Waals surface area contributed by atoms with E-state index in [4.69, 9.17) is 10.5 Å². The van der Waals surface area contributed by atoms with Gasteiger partial charge in [-0.15, -0.1) is 21.5 Å². The molecule has 0 aliphatic heterocycles. The van der Waals surface area contributed by atoms with Crippen LogP contribution >= 0.6 is 23.1 Å². The van der Waals surface area contributed by atoms with Crippen molar-refractivity contribution in [3.8, 4) is 0 Å². The Morgan fingerprint density at radius 2 is 2.00 bits per heavy atom. The maximum absolute atomic E-state index is 13.2. The molecule has 0 saturated heterocycles. The van der Waals surface area contributed by atoms with E-state index in [1.165, 1.54) is 30.2 Å². The first kappa shape index (κ1) is 22.3. The predicted molar refractivity (Wildman–Crippen MR) is 126 cm³/mol. The van der Waals surface area contributed by atoms with Crippen LogP contribution in [0.3, 0.4) is 0 Å². The number of thiophene rings is 1. The molecule has 2 aromatic heterocycles. The summed E-state index contributed by atoms with van der Waals surface area (Å²) in [5.41, 5.74) is 8.65. The zero-order valence-electron chi connectivity index (χ0n) is 18.0. The summed E-state index contributed by atoms with van der Waals surface area (Å²) >= 11 is 2.92. The highest BCUT2D eigenvalue weighted by Crippen LogP contribution is 2.39. The van der Waals surface area contributed by atoms with Crippen molar-refractivity contribution < 1.29 is 14.3 Å². The van der Waals surface area contributed by atoms with Crippen molar-refractivity contribution in [1.29, 1.82) is 0 Å². The number of carbonyl (C=O) groups is 2. The molecule has 1 unspecified atom stereocenters. The maximum atomic E-state index is 13.2.